The van der Waals surface area contributed by atoms with Crippen LogP contribution >= 0.6 is 23.5 Å². The fraction of sp³-hybridized carbons (Fsp3) is 0.562. The molecule has 0 spiro atoms. The van der Waals surface area contributed by atoms with Crippen LogP contribution in [0.3, 0.4) is 0 Å². The van der Waals surface area contributed by atoms with Gasteiger partial charge in [-0.2, -0.15) is 11.8 Å². The highest BCUT2D eigenvalue weighted by molar-refractivity contribution is 8.00. The topological polar surface area (TPSA) is 49.3 Å². The van der Waals surface area contributed by atoms with Crippen LogP contribution < -0.4 is 5.32 Å². The van der Waals surface area contributed by atoms with Crippen molar-refractivity contribution in [3.8, 4) is 0 Å². The minimum absolute atomic E-state index is 0.253. The number of aromatic carboxylic acids is 1. The van der Waals surface area contributed by atoms with Gasteiger partial charge < -0.3 is 10.4 Å². The number of carbonyl (C=O) groups is 1. The van der Waals surface area contributed by atoms with Gasteiger partial charge in [-0.05, 0) is 37.5 Å². The molecule has 116 valence electrons. The van der Waals surface area contributed by atoms with Crippen molar-refractivity contribution in [1.82, 2.24) is 0 Å². The molecule has 0 amide bonds. The van der Waals surface area contributed by atoms with Crippen LogP contribution in [0, 0.1) is 0 Å². The molecule has 1 aromatic rings. The normalized spacial score (nSPS) is 17.4. The van der Waals surface area contributed by atoms with Gasteiger partial charge in [-0.3, -0.25) is 0 Å². The van der Waals surface area contributed by atoms with E-state index in [-0.39, 0.29) is 4.75 Å². The van der Waals surface area contributed by atoms with E-state index in [0.29, 0.717) is 5.56 Å². The van der Waals surface area contributed by atoms with Crippen molar-refractivity contribution in [2.45, 2.75) is 41.7 Å². The van der Waals surface area contributed by atoms with Crippen molar-refractivity contribution in [2.24, 2.45) is 0 Å². The Hall–Kier alpha value is -0.810. The number of rotatable bonds is 6. The zero-order valence-electron chi connectivity index (χ0n) is 12.6. The van der Waals surface area contributed by atoms with Crippen molar-refractivity contribution in [3.05, 3.63) is 23.8 Å². The Morgan fingerprint density at radius 1 is 1.29 bits per heavy atom. The van der Waals surface area contributed by atoms with E-state index in [9.17, 15) is 9.90 Å². The predicted octanol–water partition coefficient (Wildman–Crippen LogP) is 4.58. The van der Waals surface area contributed by atoms with Crippen LogP contribution in [0.25, 0.3) is 0 Å². The first-order valence-electron chi connectivity index (χ1n) is 7.31. The van der Waals surface area contributed by atoms with Crippen LogP contribution in [0.5, 0.6) is 0 Å². The second-order valence-corrected chi connectivity index (χ2v) is 7.61. The first-order chi connectivity index (χ1) is 10.1. The van der Waals surface area contributed by atoms with Gasteiger partial charge in [-0.1, -0.05) is 25.3 Å². The lowest BCUT2D eigenvalue weighted by Crippen LogP contribution is -2.35. The third-order valence-electron chi connectivity index (χ3n) is 4.26. The van der Waals surface area contributed by atoms with Gasteiger partial charge in [0.15, 0.2) is 0 Å². The molecule has 0 radical (unpaired) electrons. The molecule has 1 aliphatic rings. The van der Waals surface area contributed by atoms with Crippen LogP contribution in [-0.4, -0.2) is 34.9 Å². The quantitative estimate of drug-likeness (QED) is 0.750. The molecule has 0 heterocycles. The second kappa shape index (κ2) is 7.45. The minimum atomic E-state index is -0.857. The highest BCUT2D eigenvalue weighted by Gasteiger charge is 2.31. The Bertz CT molecular complexity index is 499. The number of anilines is 1. The van der Waals surface area contributed by atoms with Crippen molar-refractivity contribution < 1.29 is 9.90 Å². The molecule has 1 aromatic carbocycles. The lowest BCUT2D eigenvalue weighted by molar-refractivity contribution is 0.0694. The Kier molecular flexibility index (Phi) is 5.88. The van der Waals surface area contributed by atoms with E-state index in [1.807, 2.05) is 36.2 Å². The number of hydrogen-bond donors (Lipinski definition) is 2. The third kappa shape index (κ3) is 3.89. The molecule has 0 aromatic heterocycles. The Balaban J connectivity index is 2.17. The summed E-state index contributed by atoms with van der Waals surface area (Å²) in [6.07, 6.45) is 10.4. The summed E-state index contributed by atoms with van der Waals surface area (Å²) in [5.41, 5.74) is 1.14. The van der Waals surface area contributed by atoms with E-state index in [2.05, 4.69) is 11.6 Å². The summed E-state index contributed by atoms with van der Waals surface area (Å²) >= 11 is 3.40. The van der Waals surface area contributed by atoms with Gasteiger partial charge in [0.05, 0.1) is 5.56 Å². The smallest absolute Gasteiger partial charge is 0.338 e. The standard InChI is InChI=1S/C16H23NO2S2/c1-20-13-8-6-7-12(14(13)15(18)19)17-11-16(21-2)9-4-3-5-10-16/h6-8,17H,3-5,9-11H2,1-2H3,(H,18,19). The minimum Gasteiger partial charge on any atom is -0.478 e. The number of hydrogen-bond acceptors (Lipinski definition) is 4. The van der Waals surface area contributed by atoms with Gasteiger partial charge in [0.25, 0.3) is 0 Å². The van der Waals surface area contributed by atoms with Gasteiger partial charge in [0.1, 0.15) is 0 Å². The number of carboxylic acid groups (broad SMARTS) is 1. The molecule has 0 unspecified atom stereocenters. The molecular formula is C16H23NO2S2. The van der Waals surface area contributed by atoms with E-state index < -0.39 is 5.97 Å². The largest absolute Gasteiger partial charge is 0.478 e. The molecule has 21 heavy (non-hydrogen) atoms. The highest BCUT2D eigenvalue weighted by atomic mass is 32.2. The number of carboxylic acids is 1. The summed E-state index contributed by atoms with van der Waals surface area (Å²) < 4.78 is 0.253. The van der Waals surface area contributed by atoms with Gasteiger partial charge in [0.2, 0.25) is 0 Å². The number of thioether (sulfide) groups is 2. The molecule has 1 aliphatic carbocycles. The SMILES string of the molecule is CSc1cccc(NCC2(SC)CCCCC2)c1C(=O)O. The van der Waals surface area contributed by atoms with Crippen LogP contribution in [-0.2, 0) is 0 Å². The molecule has 3 nitrogen and oxygen atoms in total. The van der Waals surface area contributed by atoms with Crippen molar-refractivity contribution in [2.75, 3.05) is 24.4 Å². The number of nitrogens with one attached hydrogen (secondary N) is 1. The van der Waals surface area contributed by atoms with Gasteiger partial charge >= 0.3 is 5.97 Å². The fourth-order valence-corrected chi connectivity index (χ4v) is 4.50. The van der Waals surface area contributed by atoms with E-state index >= 15 is 0 Å². The van der Waals surface area contributed by atoms with Crippen molar-refractivity contribution in [1.29, 1.82) is 0 Å². The maximum Gasteiger partial charge on any atom is 0.338 e. The number of benzene rings is 1. The zero-order valence-corrected chi connectivity index (χ0v) is 14.3. The highest BCUT2D eigenvalue weighted by Crippen LogP contribution is 2.39. The van der Waals surface area contributed by atoms with E-state index in [0.717, 1.165) is 17.1 Å². The zero-order chi connectivity index (χ0) is 15.3. The monoisotopic (exact) mass is 325 g/mol. The van der Waals surface area contributed by atoms with Crippen LogP contribution in [0.15, 0.2) is 23.1 Å². The van der Waals surface area contributed by atoms with Gasteiger partial charge in [-0.15, -0.1) is 11.8 Å². The predicted molar refractivity (Wildman–Crippen MR) is 93.0 cm³/mol. The average molecular weight is 325 g/mol. The van der Waals surface area contributed by atoms with Crippen LogP contribution in [0.4, 0.5) is 5.69 Å². The molecule has 0 atom stereocenters. The molecule has 1 fully saturated rings. The molecule has 0 saturated heterocycles. The molecular weight excluding hydrogens is 302 g/mol. The summed E-state index contributed by atoms with van der Waals surface area (Å²) in [4.78, 5) is 12.4. The molecule has 0 bridgehead atoms. The second-order valence-electron chi connectivity index (χ2n) is 5.49. The van der Waals surface area contributed by atoms with Crippen molar-refractivity contribution in [3.63, 3.8) is 0 Å². The maximum absolute atomic E-state index is 11.5. The Morgan fingerprint density at radius 2 is 2.00 bits per heavy atom. The van der Waals surface area contributed by atoms with E-state index in [4.69, 9.17) is 0 Å². The van der Waals surface area contributed by atoms with E-state index in [1.165, 1.54) is 43.9 Å². The van der Waals surface area contributed by atoms with Gasteiger partial charge in [-0.25, -0.2) is 4.79 Å². The summed E-state index contributed by atoms with van der Waals surface area (Å²) in [6.45, 7) is 0.840. The summed E-state index contributed by atoms with van der Waals surface area (Å²) in [7, 11) is 0. The maximum atomic E-state index is 11.5. The fourth-order valence-electron chi connectivity index (χ4n) is 2.97. The molecule has 1 saturated carbocycles. The van der Waals surface area contributed by atoms with Gasteiger partial charge in [0, 0.05) is 21.9 Å². The molecule has 2 rings (SSSR count). The molecule has 0 aliphatic heterocycles. The summed E-state index contributed by atoms with van der Waals surface area (Å²) in [5.74, 6) is -0.857. The van der Waals surface area contributed by atoms with Crippen LogP contribution in [0.1, 0.15) is 42.5 Å². The molecule has 2 N–H and O–H groups in total. The van der Waals surface area contributed by atoms with E-state index in [1.54, 1.807) is 0 Å². The summed E-state index contributed by atoms with van der Waals surface area (Å²) in [5, 5.41) is 12.9. The Morgan fingerprint density at radius 3 is 2.57 bits per heavy atom. The first kappa shape index (κ1) is 16.6. The lowest BCUT2D eigenvalue weighted by Gasteiger charge is -2.36. The third-order valence-corrected chi connectivity index (χ3v) is 6.46. The first-order valence-corrected chi connectivity index (χ1v) is 9.76. The lowest BCUT2D eigenvalue weighted by atomic mass is 9.88. The van der Waals surface area contributed by atoms with Crippen LogP contribution in [0.2, 0.25) is 0 Å². The molecule has 5 heteroatoms. The summed E-state index contributed by atoms with van der Waals surface area (Å²) in [6, 6.07) is 5.66. The van der Waals surface area contributed by atoms with Crippen molar-refractivity contribution >= 4 is 35.2 Å². The average Bonchev–Trinajstić information content (AvgIpc) is 2.53. The Labute approximate surface area is 135 Å².